The van der Waals surface area contributed by atoms with Gasteiger partial charge in [-0.2, -0.15) is 0 Å². The van der Waals surface area contributed by atoms with Gasteiger partial charge in [-0.15, -0.1) is 0 Å². The van der Waals surface area contributed by atoms with E-state index in [9.17, 15) is 22.0 Å². The van der Waals surface area contributed by atoms with Crippen LogP contribution in [0.25, 0.3) is 0 Å². The number of sulfone groups is 1. The van der Waals surface area contributed by atoms with Gasteiger partial charge in [0.25, 0.3) is 5.91 Å². The van der Waals surface area contributed by atoms with Crippen molar-refractivity contribution in [3.8, 4) is 0 Å². The van der Waals surface area contributed by atoms with Crippen LogP contribution in [0, 0.1) is 17.6 Å². The molecule has 0 saturated carbocycles. The van der Waals surface area contributed by atoms with E-state index in [1.807, 2.05) is 4.90 Å². The number of nitrogens with zero attached hydrogens (tertiary/aromatic N) is 1. The van der Waals surface area contributed by atoms with Crippen molar-refractivity contribution < 1.29 is 26.4 Å². The summed E-state index contributed by atoms with van der Waals surface area (Å²) in [6, 6.07) is 6.72. The van der Waals surface area contributed by atoms with E-state index < -0.39 is 27.4 Å². The van der Waals surface area contributed by atoms with Crippen molar-refractivity contribution in [2.45, 2.75) is 12.2 Å². The van der Waals surface area contributed by atoms with Crippen molar-refractivity contribution in [2.24, 2.45) is 5.92 Å². The molecule has 3 rings (SSSR count). The molecule has 9 heteroatoms. The van der Waals surface area contributed by atoms with E-state index in [4.69, 9.17) is 4.42 Å². The van der Waals surface area contributed by atoms with E-state index in [0.717, 1.165) is 18.7 Å². The monoisotopic (exact) mass is 398 g/mol. The number of carbonyl (C=O) groups excluding carboxylic acids is 1. The Bertz CT molecular complexity index is 943. The van der Waals surface area contributed by atoms with Crippen LogP contribution in [0.2, 0.25) is 0 Å². The fourth-order valence-electron chi connectivity index (χ4n) is 3.08. The topological polar surface area (TPSA) is 79.6 Å². The molecular weight excluding hydrogens is 378 g/mol. The highest BCUT2D eigenvalue weighted by atomic mass is 32.2. The van der Waals surface area contributed by atoms with Crippen molar-refractivity contribution in [3.63, 3.8) is 0 Å². The van der Waals surface area contributed by atoms with Crippen LogP contribution < -0.4 is 10.2 Å². The third kappa shape index (κ3) is 5.06. The molecule has 6 nitrogen and oxygen atoms in total. The number of hydrogen-bond donors (Lipinski definition) is 1. The summed E-state index contributed by atoms with van der Waals surface area (Å²) in [5, 5.41) is 2.77. The molecule has 2 heterocycles. The minimum absolute atomic E-state index is 0.0594. The summed E-state index contributed by atoms with van der Waals surface area (Å²) in [4.78, 5) is 14.1. The Hall–Kier alpha value is -2.42. The largest absolute Gasteiger partial charge is 0.455 e. The van der Waals surface area contributed by atoms with E-state index in [1.165, 1.54) is 24.3 Å². The van der Waals surface area contributed by atoms with Crippen molar-refractivity contribution in [2.75, 3.05) is 30.8 Å². The van der Waals surface area contributed by atoms with Crippen LogP contribution in [0.15, 0.2) is 34.7 Å². The van der Waals surface area contributed by atoms with E-state index in [0.29, 0.717) is 25.3 Å². The van der Waals surface area contributed by atoms with Gasteiger partial charge in [-0.05, 0) is 36.6 Å². The smallest absolute Gasteiger partial charge is 0.287 e. The SMILES string of the molecule is CS(=O)(=O)Cc1ccc(C(=O)NCC2CCN(c3ccc(F)c(F)c3)C2)o1. The van der Waals surface area contributed by atoms with Gasteiger partial charge in [0.15, 0.2) is 27.2 Å². The number of anilines is 1. The van der Waals surface area contributed by atoms with E-state index in [1.54, 1.807) is 0 Å². The zero-order valence-corrected chi connectivity index (χ0v) is 15.6. The molecule has 1 unspecified atom stereocenters. The fraction of sp³-hybridized carbons (Fsp3) is 0.389. The normalized spacial score (nSPS) is 17.3. The fourth-order valence-corrected chi connectivity index (χ4v) is 3.75. The average Bonchev–Trinajstić information content (AvgIpc) is 3.23. The Labute approximate surface area is 156 Å². The lowest BCUT2D eigenvalue weighted by atomic mass is 10.1. The number of nitrogens with one attached hydrogen (secondary N) is 1. The Morgan fingerprint density at radius 1 is 1.26 bits per heavy atom. The van der Waals surface area contributed by atoms with Crippen LogP contribution in [-0.2, 0) is 15.6 Å². The molecule has 1 aliphatic heterocycles. The van der Waals surface area contributed by atoms with Crippen LogP contribution in [0.4, 0.5) is 14.5 Å². The quantitative estimate of drug-likeness (QED) is 0.808. The summed E-state index contributed by atoms with van der Waals surface area (Å²) in [5.41, 5.74) is 0.610. The number of amides is 1. The van der Waals surface area contributed by atoms with E-state index >= 15 is 0 Å². The third-order valence-electron chi connectivity index (χ3n) is 4.40. The molecule has 1 atom stereocenters. The van der Waals surface area contributed by atoms with Crippen molar-refractivity contribution in [1.82, 2.24) is 5.32 Å². The minimum atomic E-state index is -3.23. The molecule has 1 aromatic carbocycles. The molecule has 0 radical (unpaired) electrons. The first-order valence-electron chi connectivity index (χ1n) is 8.46. The molecule has 0 spiro atoms. The second kappa shape index (κ2) is 7.67. The number of benzene rings is 1. The third-order valence-corrected chi connectivity index (χ3v) is 5.20. The van der Waals surface area contributed by atoms with Gasteiger partial charge in [0, 0.05) is 37.6 Å². The second-order valence-electron chi connectivity index (χ2n) is 6.75. The van der Waals surface area contributed by atoms with Crippen LogP contribution in [-0.4, -0.2) is 40.2 Å². The molecule has 1 amide bonds. The molecule has 2 aromatic rings. The Morgan fingerprint density at radius 3 is 2.74 bits per heavy atom. The lowest BCUT2D eigenvalue weighted by Crippen LogP contribution is -2.30. The number of halogens is 2. The van der Waals surface area contributed by atoms with Crippen molar-refractivity contribution >= 4 is 21.4 Å². The summed E-state index contributed by atoms with van der Waals surface area (Å²) in [5.74, 6) is -2.00. The second-order valence-corrected chi connectivity index (χ2v) is 8.89. The van der Waals surface area contributed by atoms with Gasteiger partial charge in [0.05, 0.1) is 0 Å². The summed E-state index contributed by atoms with van der Waals surface area (Å²) < 4.78 is 54.2. The molecule has 1 aliphatic rings. The zero-order valence-electron chi connectivity index (χ0n) is 14.7. The molecular formula is C18H20F2N2O4S. The maximum Gasteiger partial charge on any atom is 0.287 e. The molecule has 1 fully saturated rings. The van der Waals surface area contributed by atoms with Crippen LogP contribution in [0.3, 0.4) is 0 Å². The number of carbonyl (C=O) groups is 1. The van der Waals surface area contributed by atoms with Crippen molar-refractivity contribution in [3.05, 3.63) is 53.5 Å². The summed E-state index contributed by atoms with van der Waals surface area (Å²) in [7, 11) is -3.23. The average molecular weight is 398 g/mol. The highest BCUT2D eigenvalue weighted by Gasteiger charge is 2.24. The Kier molecular flexibility index (Phi) is 5.50. The lowest BCUT2D eigenvalue weighted by molar-refractivity contribution is 0.0919. The summed E-state index contributed by atoms with van der Waals surface area (Å²) >= 11 is 0. The van der Waals surface area contributed by atoms with Crippen molar-refractivity contribution in [1.29, 1.82) is 0 Å². The molecule has 0 aliphatic carbocycles. The first kappa shape index (κ1) is 19.3. The predicted molar refractivity (Wildman–Crippen MR) is 96.3 cm³/mol. The first-order valence-corrected chi connectivity index (χ1v) is 10.5. The minimum Gasteiger partial charge on any atom is -0.455 e. The van der Waals surface area contributed by atoms with Gasteiger partial charge in [-0.3, -0.25) is 4.79 Å². The lowest BCUT2D eigenvalue weighted by Gasteiger charge is -2.19. The van der Waals surface area contributed by atoms with E-state index in [-0.39, 0.29) is 23.2 Å². The molecule has 27 heavy (non-hydrogen) atoms. The molecule has 1 aromatic heterocycles. The molecule has 146 valence electrons. The highest BCUT2D eigenvalue weighted by molar-refractivity contribution is 7.89. The number of furan rings is 1. The van der Waals surface area contributed by atoms with Crippen LogP contribution in [0.5, 0.6) is 0 Å². The number of hydrogen-bond acceptors (Lipinski definition) is 5. The first-order chi connectivity index (χ1) is 12.7. The molecule has 1 N–H and O–H groups in total. The number of rotatable bonds is 6. The van der Waals surface area contributed by atoms with Gasteiger partial charge in [-0.1, -0.05) is 0 Å². The van der Waals surface area contributed by atoms with Crippen LogP contribution >= 0.6 is 0 Å². The highest BCUT2D eigenvalue weighted by Crippen LogP contribution is 2.25. The van der Waals surface area contributed by atoms with Crippen LogP contribution in [0.1, 0.15) is 22.7 Å². The molecule has 1 saturated heterocycles. The standard InChI is InChI=1S/C18H20F2N2O4S/c1-27(24,25)11-14-3-5-17(26-14)18(23)21-9-12-6-7-22(10-12)13-2-4-15(19)16(20)8-13/h2-5,8,12H,6-7,9-11H2,1H3,(H,21,23). The predicted octanol–water partition coefficient (Wildman–Crippen LogP) is 2.36. The maximum atomic E-state index is 13.4. The Balaban J connectivity index is 1.52. The molecule has 0 bridgehead atoms. The van der Waals surface area contributed by atoms with Gasteiger partial charge in [0.1, 0.15) is 11.5 Å². The van der Waals surface area contributed by atoms with Gasteiger partial charge >= 0.3 is 0 Å². The zero-order chi connectivity index (χ0) is 19.6. The summed E-state index contributed by atoms with van der Waals surface area (Å²) in [6.07, 6.45) is 1.89. The summed E-state index contributed by atoms with van der Waals surface area (Å²) in [6.45, 7) is 1.70. The van der Waals surface area contributed by atoms with Gasteiger partial charge in [0.2, 0.25) is 0 Å². The Morgan fingerprint density at radius 2 is 2.04 bits per heavy atom. The van der Waals surface area contributed by atoms with Gasteiger partial charge in [-0.25, -0.2) is 17.2 Å². The van der Waals surface area contributed by atoms with E-state index in [2.05, 4.69) is 5.32 Å². The maximum absolute atomic E-state index is 13.4. The van der Waals surface area contributed by atoms with Gasteiger partial charge < -0.3 is 14.6 Å².